The maximum absolute atomic E-state index is 11.3. The number of anilines is 1. The third kappa shape index (κ3) is 2.81. The average molecular weight is 355 g/mol. The molecule has 2 atom stereocenters. The molecule has 1 aliphatic rings. The molecule has 0 aliphatic heterocycles. The Hall–Kier alpha value is -3.33. The van der Waals surface area contributed by atoms with Crippen molar-refractivity contribution >= 4 is 17.7 Å². The van der Waals surface area contributed by atoms with Crippen LogP contribution in [0.25, 0.3) is 6.08 Å². The number of carbonyl (C=O) groups is 1. The Balaban J connectivity index is 1.91. The number of hydrogen-bond acceptors (Lipinski definition) is 2. The van der Waals surface area contributed by atoms with Crippen LogP contribution in [0.2, 0.25) is 0 Å². The first-order valence-electron chi connectivity index (χ1n) is 8.97. The number of carboxylic acids is 1. The number of benzene rings is 3. The number of fused-ring (bicyclic) bond motifs is 1. The first-order valence-corrected chi connectivity index (χ1v) is 8.97. The van der Waals surface area contributed by atoms with Crippen molar-refractivity contribution in [3.05, 3.63) is 107 Å². The Morgan fingerprint density at radius 3 is 2.41 bits per heavy atom. The zero-order chi connectivity index (χ0) is 19.0. The van der Waals surface area contributed by atoms with Crippen molar-refractivity contribution < 1.29 is 9.90 Å². The molecule has 3 nitrogen and oxygen atoms in total. The molecule has 27 heavy (non-hydrogen) atoms. The van der Waals surface area contributed by atoms with Crippen LogP contribution in [-0.2, 0) is 5.41 Å². The normalized spacial score (nSPS) is 17.3. The molecule has 4 rings (SSSR count). The number of rotatable bonds is 4. The molecular formula is C24H21NO2. The monoisotopic (exact) mass is 355 g/mol. The van der Waals surface area contributed by atoms with Gasteiger partial charge >= 0.3 is 5.97 Å². The van der Waals surface area contributed by atoms with Gasteiger partial charge in [0.25, 0.3) is 0 Å². The van der Waals surface area contributed by atoms with Crippen LogP contribution in [0, 0.1) is 0 Å². The number of hydrogen-bond donors (Lipinski definition) is 2. The molecule has 0 spiro atoms. The largest absolute Gasteiger partial charge is 0.478 e. The predicted molar refractivity (Wildman–Crippen MR) is 109 cm³/mol. The Kier molecular flexibility index (Phi) is 4.08. The van der Waals surface area contributed by atoms with Gasteiger partial charge in [0.2, 0.25) is 0 Å². The molecular weight excluding hydrogens is 334 g/mol. The smallest absolute Gasteiger partial charge is 0.335 e. The molecule has 3 N–H and O–H groups in total. The standard InChI is InChI=1S/C24H21NO2/c1-24(19-6-4-7-20(25)15-19,18-12-9-17(10-13-18)23(26)27)22-14-11-16-5-2-3-8-21(16)22/h2-15,22H,25H2,1H3,(H,26,27). The van der Waals surface area contributed by atoms with Crippen LogP contribution in [0.4, 0.5) is 5.69 Å². The minimum atomic E-state index is -0.918. The summed E-state index contributed by atoms with van der Waals surface area (Å²) in [4.78, 5) is 11.3. The van der Waals surface area contributed by atoms with Gasteiger partial charge in [-0.1, -0.05) is 67.6 Å². The van der Waals surface area contributed by atoms with Crippen molar-refractivity contribution in [2.75, 3.05) is 5.73 Å². The highest BCUT2D eigenvalue weighted by Crippen LogP contribution is 2.49. The summed E-state index contributed by atoms with van der Waals surface area (Å²) in [6.45, 7) is 2.20. The number of allylic oxidation sites excluding steroid dienone is 1. The third-order valence-electron chi connectivity index (χ3n) is 5.64. The Morgan fingerprint density at radius 1 is 0.963 bits per heavy atom. The summed E-state index contributed by atoms with van der Waals surface area (Å²) in [6, 6.07) is 23.5. The third-order valence-corrected chi connectivity index (χ3v) is 5.64. The molecule has 0 saturated carbocycles. The second kappa shape index (κ2) is 6.44. The van der Waals surface area contributed by atoms with Crippen molar-refractivity contribution in [2.24, 2.45) is 0 Å². The summed E-state index contributed by atoms with van der Waals surface area (Å²) in [5.41, 5.74) is 11.4. The summed E-state index contributed by atoms with van der Waals surface area (Å²) >= 11 is 0. The van der Waals surface area contributed by atoms with Crippen molar-refractivity contribution in [2.45, 2.75) is 18.3 Å². The molecule has 0 bridgehead atoms. The molecule has 0 aromatic heterocycles. The minimum absolute atomic E-state index is 0.131. The fourth-order valence-electron chi connectivity index (χ4n) is 4.10. The second-order valence-corrected chi connectivity index (χ2v) is 7.18. The number of aromatic carboxylic acids is 1. The van der Waals surface area contributed by atoms with Gasteiger partial charge in [0.1, 0.15) is 0 Å². The van der Waals surface area contributed by atoms with Gasteiger partial charge in [0.15, 0.2) is 0 Å². The van der Waals surface area contributed by atoms with Crippen LogP contribution in [0.3, 0.4) is 0 Å². The lowest BCUT2D eigenvalue weighted by Gasteiger charge is -2.37. The van der Waals surface area contributed by atoms with Crippen molar-refractivity contribution in [3.63, 3.8) is 0 Å². The van der Waals surface area contributed by atoms with E-state index >= 15 is 0 Å². The van der Waals surface area contributed by atoms with Crippen LogP contribution in [0.1, 0.15) is 45.5 Å². The van der Waals surface area contributed by atoms with Gasteiger partial charge in [-0.15, -0.1) is 0 Å². The van der Waals surface area contributed by atoms with E-state index in [0.29, 0.717) is 0 Å². The van der Waals surface area contributed by atoms with E-state index in [2.05, 4.69) is 43.3 Å². The number of carboxylic acid groups (broad SMARTS) is 1. The lowest BCUT2D eigenvalue weighted by atomic mass is 9.65. The van der Waals surface area contributed by atoms with Gasteiger partial charge in [0.05, 0.1) is 5.56 Å². The summed E-state index contributed by atoms with van der Waals surface area (Å²) in [6.07, 6.45) is 4.40. The molecule has 0 saturated heterocycles. The van der Waals surface area contributed by atoms with E-state index in [9.17, 15) is 9.90 Å². The van der Waals surface area contributed by atoms with Gasteiger partial charge in [-0.2, -0.15) is 0 Å². The summed E-state index contributed by atoms with van der Waals surface area (Å²) in [5, 5.41) is 9.25. The van der Waals surface area contributed by atoms with Crippen LogP contribution in [0.5, 0.6) is 0 Å². The Bertz CT molecular complexity index is 1040. The summed E-state index contributed by atoms with van der Waals surface area (Å²) in [7, 11) is 0. The average Bonchev–Trinajstić information content (AvgIpc) is 3.12. The summed E-state index contributed by atoms with van der Waals surface area (Å²) < 4.78 is 0. The maximum atomic E-state index is 11.3. The van der Waals surface area contributed by atoms with Crippen LogP contribution in [0.15, 0.2) is 78.9 Å². The number of nitrogens with two attached hydrogens (primary N) is 1. The van der Waals surface area contributed by atoms with E-state index in [-0.39, 0.29) is 16.9 Å². The molecule has 0 amide bonds. The SMILES string of the molecule is CC(c1ccc(C(=O)O)cc1)(c1cccc(N)c1)C1C=Cc2ccccc21. The van der Waals surface area contributed by atoms with E-state index in [4.69, 9.17) is 5.73 Å². The van der Waals surface area contributed by atoms with Gasteiger partial charge in [-0.25, -0.2) is 4.79 Å². The number of nitrogen functional groups attached to an aromatic ring is 1. The van der Waals surface area contributed by atoms with Crippen molar-refractivity contribution in [1.82, 2.24) is 0 Å². The zero-order valence-electron chi connectivity index (χ0n) is 15.1. The van der Waals surface area contributed by atoms with E-state index in [1.807, 2.05) is 36.4 Å². The second-order valence-electron chi connectivity index (χ2n) is 7.18. The molecule has 3 aromatic rings. The van der Waals surface area contributed by atoms with E-state index in [0.717, 1.165) is 16.8 Å². The molecule has 3 heteroatoms. The summed E-state index contributed by atoms with van der Waals surface area (Å²) in [5.74, 6) is -0.788. The highest BCUT2D eigenvalue weighted by atomic mass is 16.4. The molecule has 0 radical (unpaired) electrons. The van der Waals surface area contributed by atoms with Gasteiger partial charge in [0, 0.05) is 17.0 Å². The van der Waals surface area contributed by atoms with Crippen LogP contribution >= 0.6 is 0 Å². The highest BCUT2D eigenvalue weighted by molar-refractivity contribution is 5.87. The first kappa shape index (κ1) is 17.1. The van der Waals surface area contributed by atoms with E-state index in [1.165, 1.54) is 11.1 Å². The first-order chi connectivity index (χ1) is 13.0. The lowest BCUT2D eigenvalue weighted by Crippen LogP contribution is -2.30. The zero-order valence-corrected chi connectivity index (χ0v) is 15.1. The van der Waals surface area contributed by atoms with E-state index in [1.54, 1.807) is 12.1 Å². The maximum Gasteiger partial charge on any atom is 0.335 e. The van der Waals surface area contributed by atoms with Crippen LogP contribution in [-0.4, -0.2) is 11.1 Å². The molecule has 0 heterocycles. The van der Waals surface area contributed by atoms with Crippen molar-refractivity contribution in [3.8, 4) is 0 Å². The molecule has 1 aliphatic carbocycles. The highest BCUT2D eigenvalue weighted by Gasteiger charge is 2.39. The lowest BCUT2D eigenvalue weighted by molar-refractivity contribution is 0.0697. The van der Waals surface area contributed by atoms with E-state index < -0.39 is 5.97 Å². The molecule has 134 valence electrons. The molecule has 3 aromatic carbocycles. The van der Waals surface area contributed by atoms with Gasteiger partial charge in [-0.3, -0.25) is 0 Å². The van der Waals surface area contributed by atoms with Gasteiger partial charge in [-0.05, 0) is 46.5 Å². The fourth-order valence-corrected chi connectivity index (χ4v) is 4.10. The molecule has 0 fully saturated rings. The topological polar surface area (TPSA) is 63.3 Å². The Labute approximate surface area is 158 Å². The quantitative estimate of drug-likeness (QED) is 0.641. The fraction of sp³-hybridized carbons (Fsp3) is 0.125. The predicted octanol–water partition coefficient (Wildman–Crippen LogP) is 5.08. The van der Waals surface area contributed by atoms with Crippen LogP contribution < -0.4 is 5.73 Å². The van der Waals surface area contributed by atoms with Gasteiger partial charge < -0.3 is 10.8 Å². The van der Waals surface area contributed by atoms with Crippen molar-refractivity contribution in [1.29, 1.82) is 0 Å². The Morgan fingerprint density at radius 2 is 1.70 bits per heavy atom. The minimum Gasteiger partial charge on any atom is -0.478 e. The molecule has 2 unspecified atom stereocenters.